The van der Waals surface area contributed by atoms with Gasteiger partial charge >= 0.3 is 0 Å². The molecule has 4 saturated carbocycles. The molecule has 2 heteroatoms. The molecule has 0 spiro atoms. The van der Waals surface area contributed by atoms with Gasteiger partial charge < -0.3 is 9.52 Å². The molecule has 1 aromatic heterocycles. The van der Waals surface area contributed by atoms with Crippen molar-refractivity contribution in [1.29, 1.82) is 0 Å². The molecule has 0 saturated heterocycles. The van der Waals surface area contributed by atoms with Crippen molar-refractivity contribution in [3.8, 4) is 0 Å². The molecule has 4 fully saturated rings. The van der Waals surface area contributed by atoms with Gasteiger partial charge in [-0.1, -0.05) is 0 Å². The maximum Gasteiger partial charge on any atom is 0.132 e. The monoisotopic (exact) mass is 232 g/mol. The van der Waals surface area contributed by atoms with Gasteiger partial charge in [0.05, 0.1) is 6.26 Å². The van der Waals surface area contributed by atoms with Gasteiger partial charge in [-0.15, -0.1) is 0 Å². The van der Waals surface area contributed by atoms with E-state index in [-0.39, 0.29) is 6.10 Å². The third kappa shape index (κ3) is 1.50. The van der Waals surface area contributed by atoms with Crippen molar-refractivity contribution in [2.45, 2.75) is 38.2 Å². The molecule has 4 aliphatic rings. The number of furan rings is 1. The van der Waals surface area contributed by atoms with Crippen LogP contribution in [0.1, 0.15) is 44.0 Å². The number of aliphatic hydroxyl groups excluding tert-OH is 1. The van der Waals surface area contributed by atoms with Gasteiger partial charge in [0.25, 0.3) is 0 Å². The van der Waals surface area contributed by atoms with E-state index in [0.29, 0.717) is 5.92 Å². The predicted octanol–water partition coefficient (Wildman–Crippen LogP) is 3.39. The summed E-state index contributed by atoms with van der Waals surface area (Å²) in [6.45, 7) is 0. The number of hydrogen-bond donors (Lipinski definition) is 1. The second kappa shape index (κ2) is 3.61. The average molecular weight is 232 g/mol. The fourth-order valence-electron chi connectivity index (χ4n) is 5.13. The Labute approximate surface area is 102 Å². The molecule has 1 heterocycles. The molecule has 92 valence electrons. The van der Waals surface area contributed by atoms with Crippen LogP contribution < -0.4 is 0 Å². The first kappa shape index (κ1) is 10.2. The molecule has 4 bridgehead atoms. The molecule has 1 N–H and O–H groups in total. The third-order valence-corrected chi connectivity index (χ3v) is 5.50. The van der Waals surface area contributed by atoms with Crippen LogP contribution in [0.25, 0.3) is 0 Å². The molecular formula is C15H20O2. The minimum Gasteiger partial charge on any atom is -0.467 e. The van der Waals surface area contributed by atoms with Gasteiger partial charge in [0, 0.05) is 0 Å². The Morgan fingerprint density at radius 1 is 1.06 bits per heavy atom. The summed E-state index contributed by atoms with van der Waals surface area (Å²) in [5, 5.41) is 10.5. The van der Waals surface area contributed by atoms with Crippen LogP contribution in [0.2, 0.25) is 0 Å². The SMILES string of the molecule is OC(c1ccco1)C1C2CC3CC(C2)CC1C3. The Bertz CT molecular complexity index is 367. The highest BCUT2D eigenvalue weighted by atomic mass is 16.4. The highest BCUT2D eigenvalue weighted by molar-refractivity contribution is 5.08. The smallest absolute Gasteiger partial charge is 0.132 e. The summed E-state index contributed by atoms with van der Waals surface area (Å²) < 4.78 is 5.40. The topological polar surface area (TPSA) is 33.4 Å². The Morgan fingerprint density at radius 3 is 2.24 bits per heavy atom. The first-order valence-electron chi connectivity index (χ1n) is 7.02. The van der Waals surface area contributed by atoms with Crippen molar-refractivity contribution in [1.82, 2.24) is 0 Å². The summed E-state index contributed by atoms with van der Waals surface area (Å²) in [5.74, 6) is 4.70. The van der Waals surface area contributed by atoms with Gasteiger partial charge in [0.15, 0.2) is 0 Å². The fourth-order valence-corrected chi connectivity index (χ4v) is 5.13. The molecule has 5 rings (SSSR count). The van der Waals surface area contributed by atoms with Crippen molar-refractivity contribution in [2.24, 2.45) is 29.6 Å². The maximum absolute atomic E-state index is 10.5. The lowest BCUT2D eigenvalue weighted by atomic mass is 9.51. The van der Waals surface area contributed by atoms with Crippen LogP contribution in [0.5, 0.6) is 0 Å². The molecule has 17 heavy (non-hydrogen) atoms. The van der Waals surface area contributed by atoms with Crippen molar-refractivity contribution in [3.63, 3.8) is 0 Å². The standard InChI is InChI=1S/C15H20O2/c16-15(13-2-1-3-17-13)14-11-5-9-4-10(7-11)8-12(14)6-9/h1-3,9-12,14-16H,4-8H2. The first-order valence-corrected chi connectivity index (χ1v) is 7.02. The number of hydrogen-bond acceptors (Lipinski definition) is 2. The van der Waals surface area contributed by atoms with Gasteiger partial charge in [-0.25, -0.2) is 0 Å². The minimum absolute atomic E-state index is 0.361. The van der Waals surface area contributed by atoms with Gasteiger partial charge in [-0.2, -0.15) is 0 Å². The first-order chi connectivity index (χ1) is 8.31. The molecule has 1 atom stereocenters. The molecule has 2 nitrogen and oxygen atoms in total. The van der Waals surface area contributed by atoms with Gasteiger partial charge in [-0.3, -0.25) is 0 Å². The van der Waals surface area contributed by atoms with Crippen molar-refractivity contribution in [3.05, 3.63) is 24.2 Å². The highest BCUT2D eigenvalue weighted by Gasteiger charge is 2.50. The summed E-state index contributed by atoms with van der Waals surface area (Å²) in [7, 11) is 0. The van der Waals surface area contributed by atoms with Crippen molar-refractivity contribution < 1.29 is 9.52 Å². The van der Waals surface area contributed by atoms with Crippen LogP contribution in [-0.2, 0) is 0 Å². The molecule has 0 aliphatic heterocycles. The van der Waals surface area contributed by atoms with Crippen LogP contribution in [0.4, 0.5) is 0 Å². The lowest BCUT2D eigenvalue weighted by Crippen LogP contribution is -2.47. The third-order valence-electron chi connectivity index (χ3n) is 5.50. The zero-order chi connectivity index (χ0) is 11.4. The van der Waals surface area contributed by atoms with E-state index in [4.69, 9.17) is 4.42 Å². The van der Waals surface area contributed by atoms with Gasteiger partial charge in [0.1, 0.15) is 11.9 Å². The van der Waals surface area contributed by atoms with E-state index in [2.05, 4.69) is 0 Å². The summed E-state index contributed by atoms with van der Waals surface area (Å²) in [5.41, 5.74) is 0. The van der Waals surface area contributed by atoms with E-state index in [1.165, 1.54) is 32.1 Å². The molecule has 1 aromatic rings. The van der Waals surface area contributed by atoms with Gasteiger partial charge in [0.2, 0.25) is 0 Å². The fraction of sp³-hybridized carbons (Fsp3) is 0.733. The lowest BCUT2D eigenvalue weighted by molar-refractivity contribution is -0.0959. The van der Waals surface area contributed by atoms with Crippen molar-refractivity contribution >= 4 is 0 Å². The van der Waals surface area contributed by atoms with E-state index in [0.717, 1.165) is 29.4 Å². The summed E-state index contributed by atoms with van der Waals surface area (Å²) in [4.78, 5) is 0. The zero-order valence-electron chi connectivity index (χ0n) is 10.1. The predicted molar refractivity (Wildman–Crippen MR) is 64.2 cm³/mol. The largest absolute Gasteiger partial charge is 0.467 e. The Hall–Kier alpha value is -0.760. The molecular weight excluding hydrogens is 212 g/mol. The highest BCUT2D eigenvalue weighted by Crippen LogP contribution is 2.59. The zero-order valence-corrected chi connectivity index (χ0v) is 10.1. The van der Waals surface area contributed by atoms with E-state index >= 15 is 0 Å². The molecule has 1 unspecified atom stereocenters. The quantitative estimate of drug-likeness (QED) is 0.848. The number of aliphatic hydroxyl groups is 1. The van der Waals surface area contributed by atoms with Crippen LogP contribution in [0, 0.1) is 29.6 Å². The van der Waals surface area contributed by atoms with E-state index in [1.807, 2.05) is 12.1 Å². The van der Waals surface area contributed by atoms with Crippen LogP contribution in [0.3, 0.4) is 0 Å². The molecule has 0 aromatic carbocycles. The second-order valence-corrected chi connectivity index (χ2v) is 6.47. The Balaban J connectivity index is 1.62. The Kier molecular flexibility index (Phi) is 2.17. The molecule has 0 radical (unpaired) electrons. The maximum atomic E-state index is 10.5. The summed E-state index contributed by atoms with van der Waals surface area (Å²) in [6, 6.07) is 3.81. The second-order valence-electron chi connectivity index (χ2n) is 6.47. The van der Waals surface area contributed by atoms with Gasteiger partial charge in [-0.05, 0) is 73.8 Å². The summed E-state index contributed by atoms with van der Waals surface area (Å²) >= 11 is 0. The van der Waals surface area contributed by atoms with Crippen LogP contribution in [-0.4, -0.2) is 5.11 Å². The molecule has 4 aliphatic carbocycles. The minimum atomic E-state index is -0.361. The summed E-state index contributed by atoms with van der Waals surface area (Å²) in [6.07, 6.45) is 8.21. The van der Waals surface area contributed by atoms with E-state index in [9.17, 15) is 5.11 Å². The van der Waals surface area contributed by atoms with E-state index < -0.39 is 0 Å². The van der Waals surface area contributed by atoms with E-state index in [1.54, 1.807) is 6.26 Å². The lowest BCUT2D eigenvalue weighted by Gasteiger charge is -2.55. The number of rotatable bonds is 2. The molecule has 0 amide bonds. The van der Waals surface area contributed by atoms with Crippen LogP contribution >= 0.6 is 0 Å². The Morgan fingerprint density at radius 2 is 1.71 bits per heavy atom. The van der Waals surface area contributed by atoms with Crippen molar-refractivity contribution in [2.75, 3.05) is 0 Å². The normalized spacial score (nSPS) is 45.1. The van der Waals surface area contributed by atoms with Crippen LogP contribution in [0.15, 0.2) is 22.8 Å². The average Bonchev–Trinajstić information content (AvgIpc) is 2.80.